The van der Waals surface area contributed by atoms with Crippen molar-refractivity contribution in [3.05, 3.63) is 69.3 Å². The van der Waals surface area contributed by atoms with Gasteiger partial charge in [-0.25, -0.2) is 4.68 Å². The topological polar surface area (TPSA) is 86.4 Å². The second-order valence-corrected chi connectivity index (χ2v) is 6.15. The third-order valence-corrected chi connectivity index (χ3v) is 4.08. The first-order chi connectivity index (χ1) is 12.6. The summed E-state index contributed by atoms with van der Waals surface area (Å²) in [5.74, 6) is 0.591. The number of methoxy groups -OCH3 is 1. The molecule has 134 valence electrons. The Hall–Kier alpha value is -2.87. The zero-order valence-electron chi connectivity index (χ0n) is 13.9. The molecule has 0 radical (unpaired) electrons. The lowest BCUT2D eigenvalue weighted by Crippen LogP contribution is -2.31. The molecule has 0 unspecified atom stereocenters. The van der Waals surface area contributed by atoms with Gasteiger partial charge in [0, 0.05) is 18.2 Å². The highest BCUT2D eigenvalue weighted by Gasteiger charge is 2.10. The average Bonchev–Trinajstić information content (AvgIpc) is 3.10. The highest BCUT2D eigenvalue weighted by molar-refractivity contribution is 9.10. The van der Waals surface area contributed by atoms with Crippen molar-refractivity contribution in [2.45, 2.75) is 6.54 Å². The van der Waals surface area contributed by atoms with Crippen LogP contribution in [-0.4, -0.2) is 29.3 Å². The van der Waals surface area contributed by atoms with Crippen LogP contribution in [0, 0.1) is 0 Å². The van der Waals surface area contributed by atoms with Crippen LogP contribution in [0.15, 0.2) is 62.4 Å². The van der Waals surface area contributed by atoms with Gasteiger partial charge in [-0.05, 0) is 58.4 Å². The maximum absolute atomic E-state index is 12.0. The Morgan fingerprint density at radius 3 is 2.62 bits per heavy atom. The number of furan rings is 1. The zero-order valence-corrected chi connectivity index (χ0v) is 15.5. The molecule has 26 heavy (non-hydrogen) atoms. The Morgan fingerprint density at radius 2 is 1.96 bits per heavy atom. The molecule has 7 nitrogen and oxygen atoms in total. The predicted molar refractivity (Wildman–Crippen MR) is 99.2 cm³/mol. The van der Waals surface area contributed by atoms with E-state index in [9.17, 15) is 9.59 Å². The van der Waals surface area contributed by atoms with Crippen LogP contribution in [0.5, 0.6) is 5.75 Å². The molecule has 0 atom stereocenters. The van der Waals surface area contributed by atoms with E-state index < -0.39 is 0 Å². The molecule has 0 aliphatic carbocycles. The third-order valence-electron chi connectivity index (χ3n) is 3.66. The average molecular weight is 418 g/mol. The van der Waals surface area contributed by atoms with Crippen LogP contribution in [-0.2, 0) is 6.54 Å². The lowest BCUT2D eigenvalue weighted by molar-refractivity contribution is 0.0923. The lowest BCUT2D eigenvalue weighted by Gasteiger charge is -2.08. The van der Waals surface area contributed by atoms with Crippen LogP contribution in [0.25, 0.3) is 11.3 Å². The zero-order chi connectivity index (χ0) is 18.5. The Labute approximate surface area is 157 Å². The molecule has 3 aromatic rings. The van der Waals surface area contributed by atoms with E-state index in [1.165, 1.54) is 10.7 Å². The van der Waals surface area contributed by atoms with Crippen LogP contribution in [0.2, 0.25) is 0 Å². The van der Waals surface area contributed by atoms with Crippen LogP contribution in [0.1, 0.15) is 10.6 Å². The summed E-state index contributed by atoms with van der Waals surface area (Å²) in [5.41, 5.74) is 1.29. The van der Waals surface area contributed by atoms with Gasteiger partial charge in [-0.3, -0.25) is 9.59 Å². The number of halogens is 1. The van der Waals surface area contributed by atoms with Gasteiger partial charge < -0.3 is 14.5 Å². The summed E-state index contributed by atoms with van der Waals surface area (Å²) in [6, 6.07) is 13.7. The molecule has 0 fully saturated rings. The number of amides is 1. The number of nitrogens with one attached hydrogen (secondary N) is 1. The standard InChI is InChI=1S/C18H16BrN3O4/c1-25-13-4-2-12(3-5-13)14-6-9-17(23)22(21-14)11-10-20-18(24)15-7-8-16(19)26-15/h2-9H,10-11H2,1H3,(H,20,24). The van der Waals surface area contributed by atoms with Crippen molar-refractivity contribution in [1.82, 2.24) is 15.1 Å². The van der Waals surface area contributed by atoms with Crippen molar-refractivity contribution in [1.29, 1.82) is 0 Å². The summed E-state index contributed by atoms with van der Waals surface area (Å²) in [6.07, 6.45) is 0. The second kappa shape index (κ2) is 8.01. The van der Waals surface area contributed by atoms with Gasteiger partial charge in [0.1, 0.15) is 5.75 Å². The highest BCUT2D eigenvalue weighted by Crippen LogP contribution is 2.19. The number of carbonyl (C=O) groups is 1. The van der Waals surface area contributed by atoms with Crippen LogP contribution >= 0.6 is 15.9 Å². The predicted octanol–water partition coefficient (Wildman–Crippen LogP) is 2.70. The Balaban J connectivity index is 1.67. The van der Waals surface area contributed by atoms with E-state index in [-0.39, 0.29) is 30.3 Å². The summed E-state index contributed by atoms with van der Waals surface area (Å²) < 4.78 is 12.1. The summed E-state index contributed by atoms with van der Waals surface area (Å²) in [6.45, 7) is 0.493. The fourth-order valence-corrected chi connectivity index (χ4v) is 2.63. The molecule has 1 amide bonds. The van der Waals surface area contributed by atoms with Crippen molar-refractivity contribution in [3.63, 3.8) is 0 Å². The molecule has 3 rings (SSSR count). The number of rotatable bonds is 6. The minimum Gasteiger partial charge on any atom is -0.497 e. The maximum Gasteiger partial charge on any atom is 0.287 e. The normalized spacial score (nSPS) is 10.5. The van der Waals surface area contributed by atoms with Gasteiger partial charge in [0.25, 0.3) is 11.5 Å². The molecule has 0 bridgehead atoms. The molecule has 0 spiro atoms. The Bertz CT molecular complexity index is 963. The SMILES string of the molecule is COc1ccc(-c2ccc(=O)n(CCNC(=O)c3ccc(Br)o3)n2)cc1. The molecule has 0 saturated heterocycles. The van der Waals surface area contributed by atoms with Gasteiger partial charge in [0.05, 0.1) is 19.3 Å². The van der Waals surface area contributed by atoms with Crippen molar-refractivity contribution < 1.29 is 13.9 Å². The number of hydrogen-bond acceptors (Lipinski definition) is 5. The first-order valence-corrected chi connectivity index (χ1v) is 8.62. The van der Waals surface area contributed by atoms with Gasteiger partial charge in [-0.1, -0.05) is 0 Å². The highest BCUT2D eigenvalue weighted by atomic mass is 79.9. The van der Waals surface area contributed by atoms with Crippen LogP contribution in [0.3, 0.4) is 0 Å². The van der Waals surface area contributed by atoms with Crippen LogP contribution < -0.4 is 15.6 Å². The van der Waals surface area contributed by atoms with E-state index in [1.54, 1.807) is 25.3 Å². The van der Waals surface area contributed by atoms with E-state index in [0.29, 0.717) is 10.4 Å². The van der Waals surface area contributed by atoms with Gasteiger partial charge >= 0.3 is 0 Å². The molecule has 8 heteroatoms. The fourth-order valence-electron chi connectivity index (χ4n) is 2.32. The van der Waals surface area contributed by atoms with Gasteiger partial charge in [0.2, 0.25) is 0 Å². The summed E-state index contributed by atoms with van der Waals surface area (Å²) in [7, 11) is 1.60. The largest absolute Gasteiger partial charge is 0.497 e. The van der Waals surface area contributed by atoms with E-state index in [1.807, 2.05) is 24.3 Å². The van der Waals surface area contributed by atoms with E-state index >= 15 is 0 Å². The molecule has 2 aromatic heterocycles. The molecular weight excluding hydrogens is 402 g/mol. The van der Waals surface area contributed by atoms with Crippen molar-refractivity contribution in [3.8, 4) is 17.0 Å². The quantitative estimate of drug-likeness (QED) is 0.666. The minimum absolute atomic E-state index is 0.198. The molecule has 0 saturated carbocycles. The molecule has 2 heterocycles. The van der Waals surface area contributed by atoms with Crippen molar-refractivity contribution in [2.24, 2.45) is 0 Å². The number of aromatic nitrogens is 2. The Morgan fingerprint density at radius 1 is 1.19 bits per heavy atom. The van der Waals surface area contributed by atoms with Gasteiger partial charge in [-0.2, -0.15) is 5.10 Å². The van der Waals surface area contributed by atoms with Crippen LogP contribution in [0.4, 0.5) is 0 Å². The number of ether oxygens (including phenoxy) is 1. The minimum atomic E-state index is -0.352. The monoisotopic (exact) mass is 417 g/mol. The van der Waals surface area contributed by atoms with Crippen molar-refractivity contribution in [2.75, 3.05) is 13.7 Å². The van der Waals surface area contributed by atoms with Crippen molar-refractivity contribution >= 4 is 21.8 Å². The number of benzene rings is 1. The maximum atomic E-state index is 12.0. The molecule has 1 aromatic carbocycles. The molecule has 0 aliphatic heterocycles. The Kier molecular flexibility index (Phi) is 5.52. The molecular formula is C18H16BrN3O4. The third kappa shape index (κ3) is 4.20. The first-order valence-electron chi connectivity index (χ1n) is 7.83. The van der Waals surface area contributed by atoms with E-state index in [2.05, 4.69) is 26.3 Å². The fraction of sp³-hybridized carbons (Fsp3) is 0.167. The summed E-state index contributed by atoms with van der Waals surface area (Å²) >= 11 is 3.14. The smallest absolute Gasteiger partial charge is 0.287 e. The molecule has 1 N–H and O–H groups in total. The molecule has 0 aliphatic rings. The summed E-state index contributed by atoms with van der Waals surface area (Å²) in [5, 5.41) is 7.05. The van der Waals surface area contributed by atoms with E-state index in [0.717, 1.165) is 11.3 Å². The van der Waals surface area contributed by atoms with Gasteiger partial charge in [-0.15, -0.1) is 0 Å². The summed E-state index contributed by atoms with van der Waals surface area (Å²) in [4.78, 5) is 23.9. The first kappa shape index (κ1) is 17.9. The van der Waals surface area contributed by atoms with E-state index in [4.69, 9.17) is 9.15 Å². The number of nitrogens with zero attached hydrogens (tertiary/aromatic N) is 2. The number of hydrogen-bond donors (Lipinski definition) is 1. The lowest BCUT2D eigenvalue weighted by atomic mass is 10.1. The second-order valence-electron chi connectivity index (χ2n) is 5.37. The number of carbonyl (C=O) groups excluding carboxylic acids is 1. The van der Waals surface area contributed by atoms with Gasteiger partial charge in [0.15, 0.2) is 10.4 Å².